The number of ether oxygens (including phenoxy) is 1. The van der Waals surface area contributed by atoms with E-state index >= 15 is 0 Å². The van der Waals surface area contributed by atoms with Crippen LogP contribution in [0, 0.1) is 6.92 Å². The van der Waals surface area contributed by atoms with Gasteiger partial charge in [0, 0.05) is 25.0 Å². The minimum Gasteiger partial charge on any atom is -0.459 e. The van der Waals surface area contributed by atoms with Crippen molar-refractivity contribution in [3.63, 3.8) is 0 Å². The van der Waals surface area contributed by atoms with E-state index in [2.05, 4.69) is 9.55 Å². The molecule has 0 unspecified atom stereocenters. The summed E-state index contributed by atoms with van der Waals surface area (Å²) in [4.78, 5) is 43.4. The Morgan fingerprint density at radius 3 is 2.58 bits per heavy atom. The van der Waals surface area contributed by atoms with Crippen molar-refractivity contribution in [2.75, 3.05) is 0 Å². The number of carbonyl (C=O) groups excluding carboxylic acids is 1. The maximum Gasteiger partial charge on any atom is 0.333 e. The number of fused-ring (bicyclic) bond motifs is 3. The molecule has 9 nitrogen and oxygen atoms in total. The zero-order valence-corrected chi connectivity index (χ0v) is 18.9. The van der Waals surface area contributed by atoms with Gasteiger partial charge in [-0.15, -0.1) is 0 Å². The molecule has 0 bridgehead atoms. The SMILES string of the molecule is Cc1cn2c3c(=O)n(CC(=O)OCc4ccccc4)c(=O)n(C)c3nc2n1C1CCCCC1. The minimum atomic E-state index is -0.644. The zero-order valence-electron chi connectivity index (χ0n) is 18.9. The molecule has 3 heterocycles. The van der Waals surface area contributed by atoms with Crippen LogP contribution in [0.3, 0.4) is 0 Å². The molecule has 0 N–H and O–H groups in total. The molecular formula is C24H27N5O4. The Bertz CT molecular complexity index is 1450. The van der Waals surface area contributed by atoms with E-state index in [1.165, 1.54) is 23.8 Å². The summed E-state index contributed by atoms with van der Waals surface area (Å²) in [5, 5.41) is 0. The molecule has 33 heavy (non-hydrogen) atoms. The van der Waals surface area contributed by atoms with Gasteiger partial charge in [0.25, 0.3) is 5.56 Å². The molecule has 0 atom stereocenters. The fourth-order valence-electron chi connectivity index (χ4n) is 4.87. The van der Waals surface area contributed by atoms with E-state index in [9.17, 15) is 14.4 Å². The van der Waals surface area contributed by atoms with Crippen molar-refractivity contribution >= 4 is 22.9 Å². The number of carbonyl (C=O) groups is 1. The van der Waals surface area contributed by atoms with Crippen molar-refractivity contribution in [3.05, 3.63) is 68.6 Å². The molecule has 1 aromatic carbocycles. The van der Waals surface area contributed by atoms with Gasteiger partial charge in [0.05, 0.1) is 0 Å². The second kappa shape index (κ2) is 8.38. The van der Waals surface area contributed by atoms with Crippen LogP contribution in [0.1, 0.15) is 49.4 Å². The molecule has 1 saturated carbocycles. The quantitative estimate of drug-likeness (QED) is 0.437. The third kappa shape index (κ3) is 3.67. The summed E-state index contributed by atoms with van der Waals surface area (Å²) < 4.78 is 11.5. The molecule has 0 spiro atoms. The van der Waals surface area contributed by atoms with Gasteiger partial charge in [0.1, 0.15) is 13.2 Å². The first-order valence-corrected chi connectivity index (χ1v) is 11.3. The van der Waals surface area contributed by atoms with Crippen LogP contribution >= 0.6 is 0 Å². The normalized spacial score (nSPS) is 14.8. The van der Waals surface area contributed by atoms with E-state index < -0.39 is 23.8 Å². The van der Waals surface area contributed by atoms with E-state index in [4.69, 9.17) is 4.74 Å². The lowest BCUT2D eigenvalue weighted by Gasteiger charge is -2.24. The van der Waals surface area contributed by atoms with E-state index in [1.54, 1.807) is 11.4 Å². The van der Waals surface area contributed by atoms with E-state index in [1.807, 2.05) is 43.5 Å². The maximum absolute atomic E-state index is 13.4. The molecule has 0 radical (unpaired) electrons. The Kier molecular flexibility index (Phi) is 5.39. The van der Waals surface area contributed by atoms with Gasteiger partial charge >= 0.3 is 11.7 Å². The van der Waals surface area contributed by atoms with E-state index in [0.717, 1.165) is 28.7 Å². The number of benzene rings is 1. The smallest absolute Gasteiger partial charge is 0.333 e. The molecular weight excluding hydrogens is 422 g/mol. The molecule has 5 rings (SSSR count). The van der Waals surface area contributed by atoms with Gasteiger partial charge in [-0.2, -0.15) is 4.98 Å². The monoisotopic (exact) mass is 449 g/mol. The molecule has 9 heteroatoms. The van der Waals surface area contributed by atoms with Crippen molar-refractivity contribution in [2.45, 2.75) is 58.2 Å². The number of hydrogen-bond acceptors (Lipinski definition) is 5. The maximum atomic E-state index is 13.4. The molecule has 172 valence electrons. The largest absolute Gasteiger partial charge is 0.459 e. The van der Waals surface area contributed by atoms with Crippen LogP contribution in [0.4, 0.5) is 0 Å². The molecule has 1 fully saturated rings. The summed E-state index contributed by atoms with van der Waals surface area (Å²) in [6.07, 6.45) is 7.62. The summed E-state index contributed by atoms with van der Waals surface area (Å²) in [6, 6.07) is 9.59. The number of aryl methyl sites for hydroxylation is 2. The van der Waals surface area contributed by atoms with E-state index in [0.29, 0.717) is 23.0 Å². The summed E-state index contributed by atoms with van der Waals surface area (Å²) in [7, 11) is 1.57. The standard InChI is InChI=1S/C24H27N5O4/c1-16-13-27-20-21(25-23(27)29(16)18-11-7-4-8-12-18)26(2)24(32)28(22(20)31)14-19(30)33-15-17-9-5-3-6-10-17/h3,5-6,9-10,13,18H,4,7-8,11-12,14-15H2,1-2H3. The number of hydrogen-bond donors (Lipinski definition) is 0. The molecule has 0 aliphatic heterocycles. The Balaban J connectivity index is 1.54. The first kappa shape index (κ1) is 21.2. The van der Waals surface area contributed by atoms with Gasteiger partial charge in [0.2, 0.25) is 5.78 Å². The highest BCUT2D eigenvalue weighted by Crippen LogP contribution is 2.31. The second-order valence-corrected chi connectivity index (χ2v) is 8.77. The number of aromatic nitrogens is 5. The van der Waals surface area contributed by atoms with Crippen LogP contribution in [-0.4, -0.2) is 29.1 Å². The lowest BCUT2D eigenvalue weighted by molar-refractivity contribution is -0.145. The van der Waals surface area contributed by atoms with Crippen LogP contribution in [0.2, 0.25) is 0 Å². The zero-order chi connectivity index (χ0) is 23.1. The van der Waals surface area contributed by atoms with Gasteiger partial charge < -0.3 is 9.30 Å². The number of esters is 1. The van der Waals surface area contributed by atoms with Crippen LogP contribution < -0.4 is 11.2 Å². The van der Waals surface area contributed by atoms with Gasteiger partial charge in [0.15, 0.2) is 11.2 Å². The van der Waals surface area contributed by atoms with Gasteiger partial charge in [-0.1, -0.05) is 49.6 Å². The highest BCUT2D eigenvalue weighted by molar-refractivity contribution is 5.76. The van der Waals surface area contributed by atoms with Crippen molar-refractivity contribution in [2.24, 2.45) is 7.05 Å². The van der Waals surface area contributed by atoms with Crippen molar-refractivity contribution in [1.82, 2.24) is 23.1 Å². The topological polar surface area (TPSA) is 92.5 Å². The predicted octanol–water partition coefficient (Wildman–Crippen LogP) is 2.71. The second-order valence-electron chi connectivity index (χ2n) is 8.77. The lowest BCUT2D eigenvalue weighted by atomic mass is 9.95. The highest BCUT2D eigenvalue weighted by atomic mass is 16.5. The average molecular weight is 450 g/mol. The fourth-order valence-corrected chi connectivity index (χ4v) is 4.87. The minimum absolute atomic E-state index is 0.0807. The van der Waals surface area contributed by atoms with Crippen molar-refractivity contribution in [3.8, 4) is 0 Å². The number of rotatable bonds is 5. The molecule has 4 aromatic rings. The van der Waals surface area contributed by atoms with Gasteiger partial charge in [-0.3, -0.25) is 18.6 Å². The van der Waals surface area contributed by atoms with Gasteiger partial charge in [-0.25, -0.2) is 9.36 Å². The summed E-state index contributed by atoms with van der Waals surface area (Å²) in [5.74, 6) is 0.0139. The van der Waals surface area contributed by atoms with Crippen LogP contribution in [0.15, 0.2) is 46.1 Å². The number of nitrogens with zero attached hydrogens (tertiary/aromatic N) is 5. The summed E-state index contributed by atoms with van der Waals surface area (Å²) in [5.41, 5.74) is 1.33. The predicted molar refractivity (Wildman–Crippen MR) is 123 cm³/mol. The molecule has 0 saturated heterocycles. The highest BCUT2D eigenvalue weighted by Gasteiger charge is 2.25. The third-order valence-electron chi connectivity index (χ3n) is 6.54. The molecule has 3 aromatic heterocycles. The Labute approximate surface area is 189 Å². The third-order valence-corrected chi connectivity index (χ3v) is 6.54. The van der Waals surface area contributed by atoms with Crippen LogP contribution in [0.5, 0.6) is 0 Å². The summed E-state index contributed by atoms with van der Waals surface area (Å²) >= 11 is 0. The molecule has 1 aliphatic rings. The Morgan fingerprint density at radius 1 is 1.12 bits per heavy atom. The molecule has 1 aliphatic carbocycles. The van der Waals surface area contributed by atoms with Gasteiger partial charge in [-0.05, 0) is 25.3 Å². The fraction of sp³-hybridized carbons (Fsp3) is 0.417. The van der Waals surface area contributed by atoms with Crippen LogP contribution in [-0.2, 0) is 29.7 Å². The summed E-state index contributed by atoms with van der Waals surface area (Å²) in [6.45, 7) is 1.64. The Morgan fingerprint density at radius 2 is 1.85 bits per heavy atom. The Hall–Kier alpha value is -3.62. The van der Waals surface area contributed by atoms with Crippen LogP contribution in [0.25, 0.3) is 16.9 Å². The van der Waals surface area contributed by atoms with Crippen molar-refractivity contribution in [1.29, 1.82) is 0 Å². The first-order valence-electron chi connectivity index (χ1n) is 11.3. The lowest BCUT2D eigenvalue weighted by Crippen LogP contribution is -2.41. The first-order chi connectivity index (χ1) is 16.0. The van der Waals surface area contributed by atoms with E-state index in [-0.39, 0.29) is 6.61 Å². The van der Waals surface area contributed by atoms with Crippen molar-refractivity contribution < 1.29 is 9.53 Å². The average Bonchev–Trinajstić information content (AvgIpc) is 3.35. The number of imidazole rings is 2. The molecule has 0 amide bonds.